The Bertz CT molecular complexity index is 1100. The highest BCUT2D eigenvalue weighted by Crippen LogP contribution is 2.25. The van der Waals surface area contributed by atoms with Gasteiger partial charge in [-0.3, -0.25) is 19.4 Å². The van der Waals surface area contributed by atoms with Crippen LogP contribution in [0.15, 0.2) is 77.7 Å². The molecule has 3 amide bonds. The Balaban J connectivity index is 1.60. The van der Waals surface area contributed by atoms with Gasteiger partial charge in [0.1, 0.15) is 6.04 Å². The van der Waals surface area contributed by atoms with Gasteiger partial charge in [0.2, 0.25) is 11.8 Å². The number of pyridine rings is 1. The van der Waals surface area contributed by atoms with Crippen molar-refractivity contribution in [1.29, 1.82) is 0 Å². The van der Waals surface area contributed by atoms with Crippen LogP contribution in [-0.2, 0) is 16.1 Å². The summed E-state index contributed by atoms with van der Waals surface area (Å²) in [5.41, 5.74) is 1.54. The normalized spacial score (nSPS) is 14.6. The Morgan fingerprint density at radius 3 is 2.40 bits per heavy atom. The van der Waals surface area contributed by atoms with Gasteiger partial charge in [-0.15, -0.1) is 0 Å². The number of benzene rings is 1. The summed E-state index contributed by atoms with van der Waals surface area (Å²) in [7, 11) is 0. The molecule has 0 saturated heterocycles. The molecule has 0 spiro atoms. The summed E-state index contributed by atoms with van der Waals surface area (Å²) < 4.78 is 5.12. The fraction of sp³-hybridized carbons (Fsp3) is 0.333. The van der Waals surface area contributed by atoms with E-state index in [2.05, 4.69) is 15.6 Å². The first kappa shape index (κ1) is 24.2. The molecule has 1 saturated carbocycles. The Labute approximate surface area is 204 Å². The minimum atomic E-state index is -0.867. The van der Waals surface area contributed by atoms with E-state index >= 15 is 0 Å². The topological polar surface area (TPSA) is 105 Å². The monoisotopic (exact) mass is 474 g/mol. The minimum absolute atomic E-state index is 0.0907. The van der Waals surface area contributed by atoms with E-state index < -0.39 is 11.9 Å². The third-order valence-corrected chi connectivity index (χ3v) is 6.19. The fourth-order valence-electron chi connectivity index (χ4n) is 4.40. The van der Waals surface area contributed by atoms with Crippen molar-refractivity contribution in [3.05, 3.63) is 90.1 Å². The summed E-state index contributed by atoms with van der Waals surface area (Å²) >= 11 is 0. The Hall–Kier alpha value is -3.94. The zero-order valence-electron chi connectivity index (χ0n) is 19.6. The summed E-state index contributed by atoms with van der Waals surface area (Å²) in [5.74, 6) is -0.984. The largest absolute Gasteiger partial charge is 0.459 e. The second-order valence-corrected chi connectivity index (χ2v) is 8.69. The number of amides is 3. The quantitative estimate of drug-likeness (QED) is 0.493. The van der Waals surface area contributed by atoms with Gasteiger partial charge in [0.15, 0.2) is 5.76 Å². The maximum absolute atomic E-state index is 13.6. The average molecular weight is 475 g/mol. The van der Waals surface area contributed by atoms with Crippen molar-refractivity contribution in [1.82, 2.24) is 20.5 Å². The van der Waals surface area contributed by atoms with Gasteiger partial charge in [-0.1, -0.05) is 49.6 Å². The highest BCUT2D eigenvalue weighted by Gasteiger charge is 2.33. The molecule has 0 radical (unpaired) electrons. The summed E-state index contributed by atoms with van der Waals surface area (Å²) in [5, 5.41) is 5.78. The molecule has 0 bridgehead atoms. The van der Waals surface area contributed by atoms with Crippen LogP contribution in [0.2, 0.25) is 0 Å². The highest BCUT2D eigenvalue weighted by atomic mass is 16.3. The van der Waals surface area contributed by atoms with Gasteiger partial charge < -0.3 is 20.0 Å². The molecule has 35 heavy (non-hydrogen) atoms. The number of furan rings is 1. The van der Waals surface area contributed by atoms with Crippen LogP contribution in [0.25, 0.3) is 0 Å². The van der Waals surface area contributed by atoms with E-state index in [4.69, 9.17) is 4.42 Å². The number of carbonyl (C=O) groups excluding carboxylic acids is 3. The zero-order chi connectivity index (χ0) is 24.5. The maximum atomic E-state index is 13.6. The summed E-state index contributed by atoms with van der Waals surface area (Å²) in [4.78, 5) is 45.1. The lowest BCUT2D eigenvalue weighted by Gasteiger charge is -2.33. The molecule has 4 rings (SSSR count). The molecule has 1 aliphatic rings. The van der Waals surface area contributed by atoms with Crippen molar-refractivity contribution < 1.29 is 18.8 Å². The molecule has 1 aromatic carbocycles. The van der Waals surface area contributed by atoms with Crippen LogP contribution >= 0.6 is 0 Å². The van der Waals surface area contributed by atoms with Crippen LogP contribution in [0.3, 0.4) is 0 Å². The third kappa shape index (κ3) is 6.56. The second-order valence-electron chi connectivity index (χ2n) is 8.69. The van der Waals surface area contributed by atoms with Crippen molar-refractivity contribution in [2.45, 2.75) is 50.7 Å². The predicted octanol–water partition coefficient (Wildman–Crippen LogP) is 3.62. The van der Waals surface area contributed by atoms with Crippen LogP contribution < -0.4 is 10.6 Å². The molecular formula is C27H30N4O4. The molecule has 8 heteroatoms. The molecule has 2 N–H and O–H groups in total. The van der Waals surface area contributed by atoms with Crippen molar-refractivity contribution in [3.63, 3.8) is 0 Å². The Morgan fingerprint density at radius 1 is 0.971 bits per heavy atom. The molecule has 1 atom stereocenters. The van der Waals surface area contributed by atoms with E-state index in [0.717, 1.165) is 31.2 Å². The molecular weight excluding hydrogens is 444 g/mol. The molecule has 3 aromatic rings. The van der Waals surface area contributed by atoms with Gasteiger partial charge >= 0.3 is 0 Å². The SMILES string of the molecule is O=C(NCC(=O)N(Cc1ccccc1)[C@@H](C(=O)NC1CCCCC1)c1ccncc1)c1ccco1. The van der Waals surface area contributed by atoms with E-state index in [1.165, 1.54) is 23.7 Å². The highest BCUT2D eigenvalue weighted by molar-refractivity contribution is 5.95. The van der Waals surface area contributed by atoms with Crippen LogP contribution in [-0.4, -0.2) is 40.2 Å². The fourth-order valence-corrected chi connectivity index (χ4v) is 4.40. The van der Waals surface area contributed by atoms with Gasteiger partial charge in [-0.2, -0.15) is 0 Å². The number of aromatic nitrogens is 1. The van der Waals surface area contributed by atoms with Crippen LogP contribution in [0.5, 0.6) is 0 Å². The van der Waals surface area contributed by atoms with E-state index in [0.29, 0.717) is 5.56 Å². The lowest BCUT2D eigenvalue weighted by molar-refractivity contribution is -0.141. The van der Waals surface area contributed by atoms with Crippen molar-refractivity contribution in [3.8, 4) is 0 Å². The lowest BCUT2D eigenvalue weighted by atomic mass is 9.94. The van der Waals surface area contributed by atoms with Gasteiger partial charge in [0.05, 0.1) is 12.8 Å². The Kier molecular flexibility index (Phi) is 8.27. The molecule has 2 heterocycles. The minimum Gasteiger partial charge on any atom is -0.459 e. The number of nitrogens with one attached hydrogen (secondary N) is 2. The number of rotatable bonds is 9. The van der Waals surface area contributed by atoms with Crippen molar-refractivity contribution >= 4 is 17.7 Å². The van der Waals surface area contributed by atoms with Gasteiger partial charge in [0, 0.05) is 25.0 Å². The van der Waals surface area contributed by atoms with Crippen LogP contribution in [0.1, 0.15) is 59.8 Å². The van der Waals surface area contributed by atoms with Crippen LogP contribution in [0, 0.1) is 0 Å². The van der Waals surface area contributed by atoms with Crippen molar-refractivity contribution in [2.75, 3.05) is 6.54 Å². The van der Waals surface area contributed by atoms with Crippen molar-refractivity contribution in [2.24, 2.45) is 0 Å². The summed E-state index contributed by atoms with van der Waals surface area (Å²) in [6.07, 6.45) is 9.82. The average Bonchev–Trinajstić information content (AvgIpc) is 3.44. The predicted molar refractivity (Wildman–Crippen MR) is 130 cm³/mol. The molecule has 182 valence electrons. The molecule has 2 aromatic heterocycles. The summed E-state index contributed by atoms with van der Waals surface area (Å²) in [6.45, 7) is -0.0635. The lowest BCUT2D eigenvalue weighted by Crippen LogP contribution is -2.49. The van der Waals surface area contributed by atoms with Gasteiger partial charge in [0.25, 0.3) is 5.91 Å². The first-order valence-electron chi connectivity index (χ1n) is 12.0. The zero-order valence-corrected chi connectivity index (χ0v) is 19.6. The third-order valence-electron chi connectivity index (χ3n) is 6.19. The van der Waals surface area contributed by atoms with E-state index in [-0.39, 0.29) is 36.7 Å². The van der Waals surface area contributed by atoms with Gasteiger partial charge in [-0.25, -0.2) is 0 Å². The number of nitrogens with zero attached hydrogens (tertiary/aromatic N) is 2. The maximum Gasteiger partial charge on any atom is 0.287 e. The summed E-state index contributed by atoms with van der Waals surface area (Å²) in [6, 6.07) is 15.3. The second kappa shape index (κ2) is 12.0. The van der Waals surface area contributed by atoms with Crippen LogP contribution in [0.4, 0.5) is 0 Å². The first-order valence-corrected chi connectivity index (χ1v) is 12.0. The first-order chi connectivity index (χ1) is 17.1. The molecule has 1 aliphatic carbocycles. The van der Waals surface area contributed by atoms with E-state index in [9.17, 15) is 14.4 Å². The molecule has 0 unspecified atom stereocenters. The van der Waals surface area contributed by atoms with Gasteiger partial charge in [-0.05, 0) is 48.2 Å². The standard InChI is InChI=1S/C27H30N4O4/c32-24(18-29-26(33)23-12-7-17-35-23)31(19-20-8-3-1-4-9-20)25(21-13-15-28-16-14-21)27(34)30-22-10-5-2-6-11-22/h1,3-4,7-9,12-17,22,25H,2,5-6,10-11,18-19H2,(H,29,33)(H,30,34)/t25-/m1/s1. The molecule has 0 aliphatic heterocycles. The molecule has 8 nitrogen and oxygen atoms in total. The number of carbonyl (C=O) groups is 3. The van der Waals surface area contributed by atoms with E-state index in [1.807, 2.05) is 30.3 Å². The van der Waals surface area contributed by atoms with E-state index in [1.54, 1.807) is 30.6 Å². The Morgan fingerprint density at radius 2 is 1.71 bits per heavy atom. The number of hydrogen-bond donors (Lipinski definition) is 2. The molecule has 1 fully saturated rings. The smallest absolute Gasteiger partial charge is 0.287 e. The number of hydrogen-bond acceptors (Lipinski definition) is 5.